The highest BCUT2D eigenvalue weighted by Crippen LogP contribution is 2.31. The maximum atomic E-state index is 5.87. The van der Waals surface area contributed by atoms with Crippen LogP contribution >= 0.6 is 11.3 Å². The molecule has 1 aromatic heterocycles. The molecule has 1 atom stereocenters. The van der Waals surface area contributed by atoms with Crippen molar-refractivity contribution >= 4 is 17.0 Å². The van der Waals surface area contributed by atoms with Crippen LogP contribution in [0.1, 0.15) is 24.1 Å². The van der Waals surface area contributed by atoms with Crippen molar-refractivity contribution in [1.82, 2.24) is 10.2 Å². The van der Waals surface area contributed by atoms with Crippen LogP contribution in [0.5, 0.6) is 0 Å². The number of rotatable bonds is 5. The van der Waals surface area contributed by atoms with Gasteiger partial charge in [-0.25, -0.2) is 0 Å². The lowest BCUT2D eigenvalue weighted by molar-refractivity contribution is 0.312. The Balaban J connectivity index is 1.39. The van der Waals surface area contributed by atoms with Crippen molar-refractivity contribution in [2.45, 2.75) is 31.8 Å². The van der Waals surface area contributed by atoms with Crippen molar-refractivity contribution in [1.29, 1.82) is 0 Å². The number of nitrogens with two attached hydrogens (primary N) is 1. The first-order chi connectivity index (χ1) is 8.33. The predicted molar refractivity (Wildman–Crippen MR) is 73.1 cm³/mol. The van der Waals surface area contributed by atoms with Gasteiger partial charge in [0.05, 0.1) is 0 Å². The van der Waals surface area contributed by atoms with E-state index in [9.17, 15) is 0 Å². The Labute approximate surface area is 107 Å². The Morgan fingerprint density at radius 1 is 1.41 bits per heavy atom. The van der Waals surface area contributed by atoms with E-state index in [1.165, 1.54) is 37.2 Å². The summed E-state index contributed by atoms with van der Waals surface area (Å²) < 4.78 is 0. The second-order valence-corrected chi connectivity index (χ2v) is 6.31. The summed E-state index contributed by atoms with van der Waals surface area (Å²) in [7, 11) is 0. The highest BCUT2D eigenvalue weighted by Gasteiger charge is 2.33. The van der Waals surface area contributed by atoms with Gasteiger partial charge in [-0.05, 0) is 49.7 Å². The third kappa shape index (κ3) is 2.81. The summed E-state index contributed by atoms with van der Waals surface area (Å²) in [5.74, 6) is 0.844. The summed E-state index contributed by atoms with van der Waals surface area (Å²) in [5.41, 5.74) is 6.81. The lowest BCUT2D eigenvalue weighted by Crippen LogP contribution is -2.27. The van der Waals surface area contributed by atoms with Crippen LogP contribution in [0, 0.1) is 5.92 Å². The Kier molecular flexibility index (Phi) is 3.36. The molecule has 3 N–H and O–H groups in total. The van der Waals surface area contributed by atoms with Crippen molar-refractivity contribution < 1.29 is 0 Å². The number of nitrogens with one attached hydrogen (secondary N) is 1. The molecule has 17 heavy (non-hydrogen) atoms. The average Bonchev–Trinajstić information content (AvgIpc) is 2.94. The molecule has 1 saturated carbocycles. The smallest absolute Gasteiger partial charge is 0.0468 e. The molecule has 94 valence electrons. The summed E-state index contributed by atoms with van der Waals surface area (Å²) in [5, 5.41) is 5.62. The molecule has 0 bridgehead atoms. The number of hydrogen-bond donors (Lipinski definition) is 2. The van der Waals surface area contributed by atoms with Crippen LogP contribution in [-0.4, -0.2) is 30.6 Å². The molecule has 2 fully saturated rings. The van der Waals surface area contributed by atoms with E-state index in [1.54, 1.807) is 11.3 Å². The van der Waals surface area contributed by atoms with Crippen LogP contribution in [0.3, 0.4) is 0 Å². The molecule has 0 spiro atoms. The van der Waals surface area contributed by atoms with Gasteiger partial charge >= 0.3 is 0 Å². The van der Waals surface area contributed by atoms with E-state index >= 15 is 0 Å². The molecule has 3 rings (SSSR count). The Hall–Kier alpha value is -0.580. The Morgan fingerprint density at radius 3 is 3.00 bits per heavy atom. The maximum absolute atomic E-state index is 5.87. The number of likely N-dealkylation sites (tertiary alicyclic amines) is 1. The molecule has 2 heterocycles. The Morgan fingerprint density at radius 2 is 2.29 bits per heavy atom. The standard InChI is InChI=1S/C13H21N3S/c14-12-4-6-17-13(12)8-15-7-10-3-5-16(9-10)11-1-2-11/h4,6,10-11,15H,1-3,5,7-9,14H2. The molecule has 4 heteroatoms. The van der Waals surface area contributed by atoms with Crippen LogP contribution in [0.15, 0.2) is 11.4 Å². The molecule has 1 aliphatic carbocycles. The van der Waals surface area contributed by atoms with Crippen LogP contribution in [-0.2, 0) is 6.54 Å². The normalized spacial score (nSPS) is 25.5. The predicted octanol–water partition coefficient (Wildman–Crippen LogP) is 1.90. The van der Waals surface area contributed by atoms with E-state index in [0.29, 0.717) is 0 Å². The number of nitrogens with zero attached hydrogens (tertiary/aromatic N) is 1. The molecule has 1 aromatic rings. The SMILES string of the molecule is Nc1ccsc1CNCC1CCN(C2CC2)C1. The van der Waals surface area contributed by atoms with Crippen molar-refractivity contribution in [2.24, 2.45) is 5.92 Å². The third-order valence-corrected chi connectivity index (χ3v) is 4.82. The van der Waals surface area contributed by atoms with E-state index in [4.69, 9.17) is 5.73 Å². The van der Waals surface area contributed by atoms with Gasteiger partial charge < -0.3 is 16.0 Å². The first-order valence-electron chi connectivity index (χ1n) is 6.59. The summed E-state index contributed by atoms with van der Waals surface area (Å²) in [6, 6.07) is 2.93. The van der Waals surface area contributed by atoms with Crippen LogP contribution in [0.4, 0.5) is 5.69 Å². The van der Waals surface area contributed by atoms with Gasteiger partial charge in [0, 0.05) is 29.7 Å². The fraction of sp³-hybridized carbons (Fsp3) is 0.692. The number of thiophene rings is 1. The van der Waals surface area contributed by atoms with Crippen molar-refractivity contribution in [3.05, 3.63) is 16.3 Å². The zero-order chi connectivity index (χ0) is 11.7. The molecule has 3 nitrogen and oxygen atoms in total. The topological polar surface area (TPSA) is 41.3 Å². The van der Waals surface area contributed by atoms with E-state index in [1.807, 2.05) is 6.07 Å². The van der Waals surface area contributed by atoms with Crippen molar-refractivity contribution in [2.75, 3.05) is 25.4 Å². The molecule has 0 aromatic carbocycles. The van der Waals surface area contributed by atoms with Crippen molar-refractivity contribution in [3.8, 4) is 0 Å². The molecular weight excluding hydrogens is 230 g/mol. The maximum Gasteiger partial charge on any atom is 0.0468 e. The number of nitrogen functional groups attached to an aromatic ring is 1. The van der Waals surface area contributed by atoms with Gasteiger partial charge in [-0.2, -0.15) is 0 Å². The fourth-order valence-electron chi connectivity index (χ4n) is 2.68. The summed E-state index contributed by atoms with van der Waals surface area (Å²) in [6.45, 7) is 4.69. The van der Waals surface area contributed by atoms with Crippen LogP contribution in [0.2, 0.25) is 0 Å². The lowest BCUT2D eigenvalue weighted by atomic mass is 10.1. The van der Waals surface area contributed by atoms with Gasteiger partial charge in [0.1, 0.15) is 0 Å². The largest absolute Gasteiger partial charge is 0.398 e. The Bertz CT molecular complexity index is 372. The molecule has 1 aliphatic heterocycles. The van der Waals surface area contributed by atoms with Gasteiger partial charge in [-0.1, -0.05) is 0 Å². The zero-order valence-electron chi connectivity index (χ0n) is 10.2. The summed E-state index contributed by atoms with van der Waals surface area (Å²) >= 11 is 1.75. The van der Waals surface area contributed by atoms with E-state index < -0.39 is 0 Å². The van der Waals surface area contributed by atoms with E-state index in [0.717, 1.165) is 30.7 Å². The molecule has 2 aliphatic rings. The second kappa shape index (κ2) is 4.96. The summed E-state index contributed by atoms with van der Waals surface area (Å²) in [4.78, 5) is 3.95. The minimum Gasteiger partial charge on any atom is -0.398 e. The molecule has 1 unspecified atom stereocenters. The highest BCUT2D eigenvalue weighted by atomic mass is 32.1. The van der Waals surface area contributed by atoms with Gasteiger partial charge in [-0.15, -0.1) is 11.3 Å². The van der Waals surface area contributed by atoms with E-state index in [2.05, 4.69) is 15.6 Å². The van der Waals surface area contributed by atoms with Gasteiger partial charge in [0.15, 0.2) is 0 Å². The lowest BCUT2D eigenvalue weighted by Gasteiger charge is -2.15. The monoisotopic (exact) mass is 251 g/mol. The van der Waals surface area contributed by atoms with Gasteiger partial charge in [-0.3, -0.25) is 0 Å². The minimum atomic E-state index is 0.844. The molecule has 1 saturated heterocycles. The zero-order valence-corrected chi connectivity index (χ0v) is 11.0. The molecule has 0 radical (unpaired) electrons. The van der Waals surface area contributed by atoms with Gasteiger partial charge in [0.2, 0.25) is 0 Å². The number of hydrogen-bond acceptors (Lipinski definition) is 4. The van der Waals surface area contributed by atoms with Gasteiger partial charge in [0.25, 0.3) is 0 Å². The first kappa shape index (κ1) is 11.5. The second-order valence-electron chi connectivity index (χ2n) is 5.31. The van der Waals surface area contributed by atoms with E-state index in [-0.39, 0.29) is 0 Å². The molecular formula is C13H21N3S. The first-order valence-corrected chi connectivity index (χ1v) is 7.47. The quantitative estimate of drug-likeness (QED) is 0.840. The fourth-order valence-corrected chi connectivity index (χ4v) is 3.45. The molecule has 0 amide bonds. The van der Waals surface area contributed by atoms with Crippen LogP contribution in [0.25, 0.3) is 0 Å². The average molecular weight is 251 g/mol. The van der Waals surface area contributed by atoms with Crippen molar-refractivity contribution in [3.63, 3.8) is 0 Å². The highest BCUT2D eigenvalue weighted by molar-refractivity contribution is 7.10. The third-order valence-electron chi connectivity index (χ3n) is 3.88. The minimum absolute atomic E-state index is 0.844. The summed E-state index contributed by atoms with van der Waals surface area (Å²) in [6.07, 6.45) is 4.24. The number of anilines is 1. The van der Waals surface area contributed by atoms with Crippen LogP contribution < -0.4 is 11.1 Å².